The van der Waals surface area contributed by atoms with Crippen molar-refractivity contribution in [2.24, 2.45) is 0 Å². The number of aliphatic hydroxyl groups excluding tert-OH is 1. The van der Waals surface area contributed by atoms with Crippen molar-refractivity contribution in [3.8, 4) is 0 Å². The van der Waals surface area contributed by atoms with Crippen LogP contribution in [0.5, 0.6) is 0 Å². The van der Waals surface area contributed by atoms with Crippen LogP contribution in [0.3, 0.4) is 0 Å². The molecule has 0 saturated carbocycles. The molecule has 0 aliphatic heterocycles. The molecule has 128 valence electrons. The molecule has 0 amide bonds. The van der Waals surface area contributed by atoms with Crippen LogP contribution in [0, 0.1) is 0 Å². The average molecular weight is 370 g/mol. The van der Waals surface area contributed by atoms with Crippen LogP contribution in [-0.2, 0) is 17.6 Å². The predicted molar refractivity (Wildman–Crippen MR) is 106 cm³/mol. The number of benzene rings is 2. The fourth-order valence-corrected chi connectivity index (χ4v) is 4.64. The zero-order valence-corrected chi connectivity index (χ0v) is 15.1. The van der Waals surface area contributed by atoms with E-state index in [4.69, 9.17) is 10.2 Å². The maximum absolute atomic E-state index is 10.5. The van der Waals surface area contributed by atoms with Crippen LogP contribution in [0.2, 0.25) is 0 Å². The molecular weight excluding hydrogens is 352 g/mol. The van der Waals surface area contributed by atoms with Crippen LogP contribution in [0.4, 0.5) is 0 Å². The number of aliphatic hydroxyl groups is 1. The Balaban J connectivity index is 0.000000146. The van der Waals surface area contributed by atoms with Crippen molar-refractivity contribution >= 4 is 48.8 Å². The summed E-state index contributed by atoms with van der Waals surface area (Å²) in [7, 11) is 0. The van der Waals surface area contributed by atoms with Gasteiger partial charge in [-0.25, -0.2) is 0 Å². The van der Waals surface area contributed by atoms with E-state index in [-0.39, 0.29) is 13.0 Å². The summed E-state index contributed by atoms with van der Waals surface area (Å²) >= 11 is 3.34. The quantitative estimate of drug-likeness (QED) is 0.533. The molecule has 4 rings (SSSR count). The number of carboxylic acids is 1. The van der Waals surface area contributed by atoms with Gasteiger partial charge in [0.25, 0.3) is 0 Å². The number of aliphatic carboxylic acids is 1. The molecule has 25 heavy (non-hydrogen) atoms. The van der Waals surface area contributed by atoms with Crippen LogP contribution >= 0.6 is 22.7 Å². The zero-order chi connectivity index (χ0) is 17.6. The van der Waals surface area contributed by atoms with E-state index in [1.54, 1.807) is 22.7 Å². The third kappa shape index (κ3) is 4.25. The second-order valence-corrected chi connectivity index (χ2v) is 7.38. The van der Waals surface area contributed by atoms with E-state index in [1.807, 2.05) is 41.8 Å². The standard InChI is InChI=1S/C10H8O2S.C10H10OS/c11-10(12)5-7-6-13-9-4-2-1-3-8(7)9;11-6-5-8-7-12-10-4-2-1-3-9(8)10/h1-4,6H,5H2,(H,11,12);1-4,7,11H,5-6H2. The Morgan fingerprint density at radius 1 is 0.840 bits per heavy atom. The molecule has 0 unspecified atom stereocenters. The molecule has 2 N–H and O–H groups in total. The minimum atomic E-state index is -0.774. The molecule has 0 bridgehead atoms. The maximum atomic E-state index is 10.5. The summed E-state index contributed by atoms with van der Waals surface area (Å²) in [6, 6.07) is 16.2. The van der Waals surface area contributed by atoms with Crippen molar-refractivity contribution < 1.29 is 15.0 Å². The van der Waals surface area contributed by atoms with Crippen LogP contribution in [0.15, 0.2) is 59.3 Å². The largest absolute Gasteiger partial charge is 0.481 e. The summed E-state index contributed by atoms with van der Waals surface area (Å²) < 4.78 is 2.46. The fourth-order valence-electron chi connectivity index (χ4n) is 2.68. The topological polar surface area (TPSA) is 57.5 Å². The van der Waals surface area contributed by atoms with Crippen molar-refractivity contribution in [1.82, 2.24) is 0 Å². The van der Waals surface area contributed by atoms with Crippen LogP contribution in [0.1, 0.15) is 11.1 Å². The van der Waals surface area contributed by atoms with Crippen molar-refractivity contribution in [3.63, 3.8) is 0 Å². The van der Waals surface area contributed by atoms with E-state index in [9.17, 15) is 4.79 Å². The molecular formula is C20H18O3S2. The number of carbonyl (C=O) groups is 1. The highest BCUT2D eigenvalue weighted by molar-refractivity contribution is 7.17. The van der Waals surface area contributed by atoms with Crippen molar-refractivity contribution in [1.29, 1.82) is 0 Å². The lowest BCUT2D eigenvalue weighted by Crippen LogP contribution is -1.98. The summed E-state index contributed by atoms with van der Waals surface area (Å²) in [4.78, 5) is 10.5. The highest BCUT2D eigenvalue weighted by Gasteiger charge is 2.06. The predicted octanol–water partition coefficient (Wildman–Crippen LogP) is 4.96. The SMILES string of the molecule is O=C(O)Cc1csc2ccccc12.OCCc1csc2ccccc12. The van der Waals surface area contributed by atoms with Crippen LogP contribution in [0.25, 0.3) is 20.2 Å². The Morgan fingerprint density at radius 2 is 1.36 bits per heavy atom. The van der Waals surface area contributed by atoms with Gasteiger partial charge in [0.1, 0.15) is 0 Å². The second kappa shape index (κ2) is 8.25. The molecule has 0 atom stereocenters. The van der Waals surface area contributed by atoms with E-state index in [2.05, 4.69) is 17.5 Å². The maximum Gasteiger partial charge on any atom is 0.307 e. The summed E-state index contributed by atoms with van der Waals surface area (Å²) in [5.41, 5.74) is 2.17. The molecule has 2 heterocycles. The van der Waals surface area contributed by atoms with Gasteiger partial charge in [0.05, 0.1) is 6.42 Å². The van der Waals surface area contributed by atoms with Gasteiger partial charge in [-0.2, -0.15) is 0 Å². The van der Waals surface area contributed by atoms with Gasteiger partial charge in [-0.05, 0) is 51.2 Å². The highest BCUT2D eigenvalue weighted by atomic mass is 32.1. The smallest absolute Gasteiger partial charge is 0.307 e. The molecule has 0 spiro atoms. The van der Waals surface area contributed by atoms with E-state index >= 15 is 0 Å². The van der Waals surface area contributed by atoms with E-state index in [0.717, 1.165) is 22.1 Å². The molecule has 4 aromatic rings. The first-order chi connectivity index (χ1) is 12.2. The number of fused-ring (bicyclic) bond motifs is 2. The van der Waals surface area contributed by atoms with Crippen molar-refractivity contribution in [3.05, 3.63) is 70.4 Å². The fraction of sp³-hybridized carbons (Fsp3) is 0.150. The minimum Gasteiger partial charge on any atom is -0.481 e. The Kier molecular flexibility index (Phi) is 5.81. The summed E-state index contributed by atoms with van der Waals surface area (Å²) in [5.74, 6) is -0.774. The normalized spacial score (nSPS) is 10.6. The summed E-state index contributed by atoms with van der Waals surface area (Å²) in [6.07, 6.45) is 0.883. The molecule has 0 radical (unpaired) electrons. The first-order valence-corrected chi connectivity index (χ1v) is 9.68. The van der Waals surface area contributed by atoms with E-state index in [1.165, 1.54) is 15.6 Å². The lowest BCUT2D eigenvalue weighted by molar-refractivity contribution is -0.136. The van der Waals surface area contributed by atoms with Gasteiger partial charge in [-0.15, -0.1) is 22.7 Å². The molecule has 0 aliphatic rings. The van der Waals surface area contributed by atoms with Gasteiger partial charge in [-0.3, -0.25) is 4.79 Å². The van der Waals surface area contributed by atoms with Gasteiger partial charge in [-0.1, -0.05) is 36.4 Å². The Hall–Kier alpha value is -2.21. The third-order valence-electron chi connectivity index (χ3n) is 3.85. The van der Waals surface area contributed by atoms with Gasteiger partial charge in [0, 0.05) is 16.0 Å². The van der Waals surface area contributed by atoms with Gasteiger partial charge in [0.2, 0.25) is 0 Å². The molecule has 2 aromatic heterocycles. The zero-order valence-electron chi connectivity index (χ0n) is 13.5. The molecule has 5 heteroatoms. The van der Waals surface area contributed by atoms with Crippen molar-refractivity contribution in [2.75, 3.05) is 6.61 Å². The third-order valence-corrected chi connectivity index (χ3v) is 5.87. The van der Waals surface area contributed by atoms with Gasteiger partial charge >= 0.3 is 5.97 Å². The number of hydrogen-bond donors (Lipinski definition) is 2. The van der Waals surface area contributed by atoms with Crippen molar-refractivity contribution in [2.45, 2.75) is 12.8 Å². The Labute approximate surface area is 153 Å². The summed E-state index contributed by atoms with van der Waals surface area (Å²) in [5, 5.41) is 23.8. The molecule has 3 nitrogen and oxygen atoms in total. The number of thiophene rings is 2. The molecule has 0 saturated heterocycles. The molecule has 0 fully saturated rings. The monoisotopic (exact) mass is 370 g/mol. The van der Waals surface area contributed by atoms with E-state index < -0.39 is 5.97 Å². The first kappa shape index (κ1) is 17.6. The number of carboxylic acid groups (broad SMARTS) is 1. The second-order valence-electron chi connectivity index (χ2n) is 5.56. The number of rotatable bonds is 4. The minimum absolute atomic E-state index is 0.115. The average Bonchev–Trinajstić information content (AvgIpc) is 3.21. The van der Waals surface area contributed by atoms with Crippen LogP contribution in [-0.4, -0.2) is 22.8 Å². The van der Waals surface area contributed by atoms with E-state index in [0.29, 0.717) is 0 Å². The molecule has 2 aromatic carbocycles. The number of hydrogen-bond acceptors (Lipinski definition) is 4. The Morgan fingerprint density at radius 3 is 1.92 bits per heavy atom. The molecule has 0 aliphatic carbocycles. The first-order valence-electron chi connectivity index (χ1n) is 7.92. The summed E-state index contributed by atoms with van der Waals surface area (Å²) in [6.45, 7) is 0.237. The van der Waals surface area contributed by atoms with Crippen LogP contribution < -0.4 is 0 Å². The highest BCUT2D eigenvalue weighted by Crippen LogP contribution is 2.26. The lowest BCUT2D eigenvalue weighted by Gasteiger charge is -1.93. The Bertz CT molecular complexity index is 985. The lowest BCUT2D eigenvalue weighted by atomic mass is 10.1. The van der Waals surface area contributed by atoms with Gasteiger partial charge in [0.15, 0.2) is 0 Å². The van der Waals surface area contributed by atoms with Gasteiger partial charge < -0.3 is 10.2 Å².